The first kappa shape index (κ1) is 13.2. The highest BCUT2D eigenvalue weighted by Gasteiger charge is 2.28. The highest BCUT2D eigenvalue weighted by Crippen LogP contribution is 2.21. The molecule has 8 heteroatoms. The molecule has 0 radical (unpaired) electrons. The molecule has 17 heavy (non-hydrogen) atoms. The van der Waals surface area contributed by atoms with E-state index in [4.69, 9.17) is 5.11 Å². The minimum absolute atomic E-state index is 0.289. The lowest BCUT2D eigenvalue weighted by Gasteiger charge is -2.12. The summed E-state index contributed by atoms with van der Waals surface area (Å²) in [5.41, 5.74) is 0.360. The monoisotopic (exact) mass is 249 g/mol. The van der Waals surface area contributed by atoms with Crippen LogP contribution in [0.15, 0.2) is 0 Å². The van der Waals surface area contributed by atoms with Crippen molar-refractivity contribution >= 4 is 11.8 Å². The van der Waals surface area contributed by atoms with E-state index in [0.29, 0.717) is 5.69 Å². The molecule has 0 aliphatic heterocycles. The van der Waals surface area contributed by atoms with Crippen molar-refractivity contribution in [2.75, 3.05) is 11.9 Å². The molecule has 1 aromatic heterocycles. The van der Waals surface area contributed by atoms with Gasteiger partial charge in [-0.25, -0.2) is 4.79 Å². The molecule has 0 aliphatic rings. The molecule has 2 N–H and O–H groups in total. The molecule has 0 aliphatic carbocycles. The Morgan fingerprint density at radius 1 is 1.35 bits per heavy atom. The number of carboxylic acids is 1. The summed E-state index contributed by atoms with van der Waals surface area (Å²) in [7, 11) is 0. The highest BCUT2D eigenvalue weighted by molar-refractivity contribution is 5.94. The molecule has 0 saturated heterocycles. The Labute approximate surface area is 94.7 Å². The Morgan fingerprint density at radius 3 is 2.41 bits per heavy atom. The molecule has 5 nitrogen and oxygen atoms in total. The minimum Gasteiger partial charge on any atom is -0.478 e. The predicted molar refractivity (Wildman–Crippen MR) is 53.0 cm³/mol. The van der Waals surface area contributed by atoms with Crippen molar-refractivity contribution in [3.8, 4) is 0 Å². The smallest absolute Gasteiger partial charge is 0.405 e. The second-order valence-corrected chi connectivity index (χ2v) is 3.41. The fraction of sp³-hybridized carbons (Fsp3) is 0.444. The van der Waals surface area contributed by atoms with Crippen LogP contribution in [0.2, 0.25) is 0 Å². The van der Waals surface area contributed by atoms with Gasteiger partial charge in [-0.05, 0) is 19.4 Å². The number of carboxylic acid groups (broad SMARTS) is 1. The molecule has 0 atom stereocenters. The first-order valence-corrected chi connectivity index (χ1v) is 4.60. The van der Waals surface area contributed by atoms with E-state index in [9.17, 15) is 18.0 Å². The van der Waals surface area contributed by atoms with Crippen molar-refractivity contribution in [1.82, 2.24) is 10.2 Å². The van der Waals surface area contributed by atoms with Crippen molar-refractivity contribution in [1.29, 1.82) is 0 Å². The van der Waals surface area contributed by atoms with Gasteiger partial charge in [-0.3, -0.25) is 0 Å². The summed E-state index contributed by atoms with van der Waals surface area (Å²) in [5, 5.41) is 17.8. The number of hydrogen-bond donors (Lipinski definition) is 2. The predicted octanol–water partition coefficient (Wildman–Crippen LogP) is 1.77. The molecule has 0 unspecified atom stereocenters. The van der Waals surface area contributed by atoms with E-state index in [1.807, 2.05) is 5.32 Å². The Kier molecular flexibility index (Phi) is 3.54. The number of aromatic carboxylic acids is 1. The maximum absolute atomic E-state index is 12.0. The minimum atomic E-state index is -4.45. The second kappa shape index (κ2) is 4.56. The number of carbonyl (C=O) groups is 1. The molecule has 0 spiro atoms. The Morgan fingerprint density at radius 2 is 1.94 bits per heavy atom. The maximum Gasteiger partial charge on any atom is 0.405 e. The lowest BCUT2D eigenvalue weighted by molar-refractivity contribution is -0.115. The van der Waals surface area contributed by atoms with Crippen molar-refractivity contribution < 1.29 is 23.1 Å². The molecule has 1 aromatic rings. The standard InChI is InChI=1S/C9H10F3N3O2/c1-4-5(2)14-15-7(6(4)8(16)17)13-3-9(10,11)12/h3H2,1-2H3,(H,13,15)(H,16,17). The zero-order valence-corrected chi connectivity index (χ0v) is 9.09. The SMILES string of the molecule is Cc1nnc(NCC(F)(F)F)c(C(=O)O)c1C. The van der Waals surface area contributed by atoms with Gasteiger partial charge in [0.25, 0.3) is 0 Å². The number of nitrogens with zero attached hydrogens (tertiary/aromatic N) is 2. The summed E-state index contributed by atoms with van der Waals surface area (Å²) in [6.45, 7) is 1.64. The van der Waals surface area contributed by atoms with Crippen molar-refractivity contribution in [2.24, 2.45) is 0 Å². The third kappa shape index (κ3) is 3.30. The number of anilines is 1. The molecular weight excluding hydrogens is 239 g/mol. The van der Waals surface area contributed by atoms with Crippen molar-refractivity contribution in [2.45, 2.75) is 20.0 Å². The van der Waals surface area contributed by atoms with Gasteiger partial charge in [-0.15, -0.1) is 5.10 Å². The van der Waals surface area contributed by atoms with Crippen LogP contribution in [0.3, 0.4) is 0 Å². The first-order chi connectivity index (χ1) is 7.72. The highest BCUT2D eigenvalue weighted by atomic mass is 19.4. The van der Waals surface area contributed by atoms with Gasteiger partial charge in [0, 0.05) is 0 Å². The zero-order chi connectivity index (χ0) is 13.2. The summed E-state index contributed by atoms with van der Waals surface area (Å²) in [6, 6.07) is 0. The number of nitrogens with one attached hydrogen (secondary N) is 1. The number of halogens is 3. The molecule has 0 fully saturated rings. The average molecular weight is 249 g/mol. The molecule has 0 saturated carbocycles. The van der Waals surface area contributed by atoms with Crippen LogP contribution in [-0.4, -0.2) is 34.0 Å². The average Bonchev–Trinajstić information content (AvgIpc) is 2.18. The number of hydrogen-bond acceptors (Lipinski definition) is 4. The van der Waals surface area contributed by atoms with Crippen LogP contribution in [0.1, 0.15) is 21.6 Å². The second-order valence-electron chi connectivity index (χ2n) is 3.41. The van der Waals surface area contributed by atoms with Gasteiger partial charge in [-0.1, -0.05) is 0 Å². The number of rotatable bonds is 3. The number of aromatic nitrogens is 2. The summed E-state index contributed by atoms with van der Waals surface area (Å²) in [4.78, 5) is 10.9. The van der Waals surface area contributed by atoms with Gasteiger partial charge >= 0.3 is 12.1 Å². The van der Waals surface area contributed by atoms with E-state index in [0.717, 1.165) is 0 Å². The molecule has 0 aromatic carbocycles. The molecule has 0 amide bonds. The molecule has 1 rings (SSSR count). The first-order valence-electron chi connectivity index (χ1n) is 4.60. The van der Waals surface area contributed by atoms with E-state index in [1.54, 1.807) is 0 Å². The van der Waals surface area contributed by atoms with Crippen LogP contribution in [-0.2, 0) is 0 Å². The van der Waals surface area contributed by atoms with Crippen LogP contribution in [0.4, 0.5) is 19.0 Å². The van der Waals surface area contributed by atoms with Crippen LogP contribution < -0.4 is 5.32 Å². The lowest BCUT2D eigenvalue weighted by atomic mass is 10.1. The summed E-state index contributed by atoms with van der Waals surface area (Å²) in [5.74, 6) is -1.72. The van der Waals surface area contributed by atoms with Crippen molar-refractivity contribution in [3.05, 3.63) is 16.8 Å². The largest absolute Gasteiger partial charge is 0.478 e. The van der Waals surface area contributed by atoms with Crippen LogP contribution >= 0.6 is 0 Å². The van der Waals surface area contributed by atoms with E-state index >= 15 is 0 Å². The van der Waals surface area contributed by atoms with Crippen molar-refractivity contribution in [3.63, 3.8) is 0 Å². The van der Waals surface area contributed by atoms with E-state index < -0.39 is 18.7 Å². The third-order valence-corrected chi connectivity index (χ3v) is 2.12. The van der Waals surface area contributed by atoms with Crippen LogP contribution in [0.25, 0.3) is 0 Å². The Balaban J connectivity index is 3.08. The number of aryl methyl sites for hydroxylation is 1. The van der Waals surface area contributed by atoms with Gasteiger partial charge < -0.3 is 10.4 Å². The third-order valence-electron chi connectivity index (χ3n) is 2.12. The maximum atomic E-state index is 12.0. The fourth-order valence-electron chi connectivity index (χ4n) is 1.18. The molecule has 0 bridgehead atoms. The summed E-state index contributed by atoms with van der Waals surface area (Å²) < 4.78 is 36.0. The van der Waals surface area contributed by atoms with Gasteiger partial charge in [0.2, 0.25) is 0 Å². The topological polar surface area (TPSA) is 75.1 Å². The Bertz CT molecular complexity index is 446. The van der Waals surface area contributed by atoms with Gasteiger partial charge in [0.1, 0.15) is 12.1 Å². The normalized spacial score (nSPS) is 11.4. The van der Waals surface area contributed by atoms with Gasteiger partial charge in [0.15, 0.2) is 5.82 Å². The summed E-state index contributed by atoms with van der Waals surface area (Å²) >= 11 is 0. The van der Waals surface area contributed by atoms with Gasteiger partial charge in [0.05, 0.1) is 5.69 Å². The lowest BCUT2D eigenvalue weighted by Crippen LogP contribution is -2.24. The fourth-order valence-corrected chi connectivity index (χ4v) is 1.18. The van der Waals surface area contributed by atoms with E-state index in [-0.39, 0.29) is 16.9 Å². The Hall–Kier alpha value is -1.86. The molecule has 94 valence electrons. The van der Waals surface area contributed by atoms with E-state index in [2.05, 4.69) is 10.2 Å². The zero-order valence-electron chi connectivity index (χ0n) is 9.09. The van der Waals surface area contributed by atoms with Crippen LogP contribution in [0.5, 0.6) is 0 Å². The summed E-state index contributed by atoms with van der Waals surface area (Å²) in [6.07, 6.45) is -4.45. The van der Waals surface area contributed by atoms with E-state index in [1.165, 1.54) is 13.8 Å². The molecular formula is C9H10F3N3O2. The van der Waals surface area contributed by atoms with Gasteiger partial charge in [-0.2, -0.15) is 18.3 Å². The molecule has 1 heterocycles. The van der Waals surface area contributed by atoms with Crippen LogP contribution in [0, 0.1) is 13.8 Å². The quantitative estimate of drug-likeness (QED) is 0.853. The number of alkyl halides is 3.